The van der Waals surface area contributed by atoms with Crippen molar-refractivity contribution in [3.8, 4) is 0 Å². The maximum atomic E-state index is 10.9. The highest BCUT2D eigenvalue weighted by molar-refractivity contribution is 7.51. The molecule has 0 aromatic rings. The van der Waals surface area contributed by atoms with Crippen LogP contribution in [0.15, 0.2) is 0 Å². The number of aliphatic hydroxyl groups excluding tert-OH is 3. The first kappa shape index (κ1) is 21.0. The monoisotopic (exact) mass is 358 g/mol. The minimum atomic E-state index is -3.43. The van der Waals surface area contributed by atoms with Gasteiger partial charge in [-0.1, -0.05) is 0 Å². The standard InChI is InChI=1S/C13H27O9P/c1-19-8-9-10(14)11(15)12(16)13(22-9)20-6-4-3-5-7-21-23(2,17)18/h9-16H,3-8H2,1-2H3,(H,17,18)/t9?,10-,11?,12?,13?/m0/s1. The molecule has 1 saturated heterocycles. The molecule has 1 heterocycles. The topological polar surface area (TPSA) is 135 Å². The van der Waals surface area contributed by atoms with Gasteiger partial charge in [0.1, 0.15) is 24.4 Å². The fourth-order valence-electron chi connectivity index (χ4n) is 2.17. The third-order valence-corrected chi connectivity index (χ3v) is 4.06. The van der Waals surface area contributed by atoms with Gasteiger partial charge in [-0.3, -0.25) is 4.57 Å². The molecule has 23 heavy (non-hydrogen) atoms. The van der Waals surface area contributed by atoms with E-state index in [1.807, 2.05) is 0 Å². The highest BCUT2D eigenvalue weighted by Crippen LogP contribution is 2.36. The van der Waals surface area contributed by atoms with Crippen LogP contribution in [0.5, 0.6) is 0 Å². The Bertz CT molecular complexity index is 374. The second-order valence-corrected chi connectivity index (χ2v) is 7.40. The quantitative estimate of drug-likeness (QED) is 0.300. The van der Waals surface area contributed by atoms with Gasteiger partial charge >= 0.3 is 7.60 Å². The summed E-state index contributed by atoms with van der Waals surface area (Å²) in [6.45, 7) is 1.66. The SMILES string of the molecule is COCC1OC(OCCCCCOP(C)(=O)O)C(O)C(O)[C@H]1O. The Morgan fingerprint density at radius 3 is 2.30 bits per heavy atom. The average molecular weight is 358 g/mol. The maximum Gasteiger partial charge on any atom is 0.325 e. The number of rotatable bonds is 10. The van der Waals surface area contributed by atoms with Crippen LogP contribution in [0.3, 0.4) is 0 Å². The summed E-state index contributed by atoms with van der Waals surface area (Å²) in [4.78, 5) is 8.94. The Morgan fingerprint density at radius 2 is 1.70 bits per heavy atom. The molecule has 0 aliphatic carbocycles. The minimum Gasteiger partial charge on any atom is -0.387 e. The van der Waals surface area contributed by atoms with E-state index in [9.17, 15) is 19.9 Å². The van der Waals surface area contributed by atoms with Crippen LogP contribution in [0.4, 0.5) is 0 Å². The van der Waals surface area contributed by atoms with Gasteiger partial charge in [0.2, 0.25) is 0 Å². The number of methoxy groups -OCH3 is 1. The number of hydrogen-bond donors (Lipinski definition) is 4. The van der Waals surface area contributed by atoms with Gasteiger partial charge < -0.3 is 38.9 Å². The second-order valence-electron chi connectivity index (χ2n) is 5.54. The van der Waals surface area contributed by atoms with Gasteiger partial charge in [-0.05, 0) is 19.3 Å². The van der Waals surface area contributed by atoms with E-state index in [2.05, 4.69) is 0 Å². The molecule has 0 aromatic heterocycles. The highest BCUT2D eigenvalue weighted by Gasteiger charge is 2.44. The number of unbranched alkanes of at least 4 members (excludes halogenated alkanes) is 2. The molecule has 6 atom stereocenters. The van der Waals surface area contributed by atoms with Crippen molar-refractivity contribution in [2.75, 3.05) is 33.6 Å². The van der Waals surface area contributed by atoms with Crippen LogP contribution < -0.4 is 0 Å². The van der Waals surface area contributed by atoms with Crippen LogP contribution in [-0.4, -0.2) is 84.5 Å². The molecule has 9 nitrogen and oxygen atoms in total. The van der Waals surface area contributed by atoms with E-state index in [0.29, 0.717) is 19.3 Å². The normalized spacial score (nSPS) is 34.3. The summed E-state index contributed by atoms with van der Waals surface area (Å²) in [6.07, 6.45) is -3.85. The highest BCUT2D eigenvalue weighted by atomic mass is 31.2. The molecule has 0 amide bonds. The van der Waals surface area contributed by atoms with Gasteiger partial charge in [-0.15, -0.1) is 0 Å². The van der Waals surface area contributed by atoms with Gasteiger partial charge in [0, 0.05) is 20.4 Å². The van der Waals surface area contributed by atoms with Crippen LogP contribution >= 0.6 is 7.60 Å². The van der Waals surface area contributed by atoms with E-state index < -0.39 is 38.3 Å². The van der Waals surface area contributed by atoms with E-state index >= 15 is 0 Å². The number of hydrogen-bond acceptors (Lipinski definition) is 8. The smallest absolute Gasteiger partial charge is 0.325 e. The molecule has 5 unspecified atom stereocenters. The largest absolute Gasteiger partial charge is 0.387 e. The number of ether oxygens (including phenoxy) is 3. The van der Waals surface area contributed by atoms with Crippen molar-refractivity contribution >= 4 is 7.60 Å². The zero-order valence-corrected chi connectivity index (χ0v) is 14.3. The second kappa shape index (κ2) is 10.0. The van der Waals surface area contributed by atoms with Crippen molar-refractivity contribution in [2.45, 2.75) is 50.0 Å². The molecule has 10 heteroatoms. The number of aliphatic hydroxyl groups is 3. The molecule has 1 aliphatic heterocycles. The molecule has 0 aromatic carbocycles. The van der Waals surface area contributed by atoms with Crippen molar-refractivity contribution in [2.24, 2.45) is 0 Å². The molecular formula is C13H27O9P. The zero-order valence-electron chi connectivity index (χ0n) is 13.4. The fraction of sp³-hybridized carbons (Fsp3) is 1.00. The van der Waals surface area contributed by atoms with Crippen molar-refractivity contribution in [3.05, 3.63) is 0 Å². The first-order valence-electron chi connectivity index (χ1n) is 7.51. The molecule has 1 aliphatic rings. The summed E-state index contributed by atoms with van der Waals surface area (Å²) in [5, 5.41) is 29.4. The van der Waals surface area contributed by atoms with Crippen molar-refractivity contribution in [3.63, 3.8) is 0 Å². The van der Waals surface area contributed by atoms with Gasteiger partial charge in [-0.25, -0.2) is 0 Å². The zero-order chi connectivity index (χ0) is 17.5. The lowest BCUT2D eigenvalue weighted by Crippen LogP contribution is -2.59. The third kappa shape index (κ3) is 7.55. The Hall–Kier alpha value is -0.0900. The van der Waals surface area contributed by atoms with E-state index in [1.54, 1.807) is 0 Å². The predicted molar refractivity (Wildman–Crippen MR) is 80.1 cm³/mol. The molecular weight excluding hydrogens is 331 g/mol. The summed E-state index contributed by atoms with van der Waals surface area (Å²) < 4.78 is 31.3. The van der Waals surface area contributed by atoms with Gasteiger partial charge in [0.15, 0.2) is 6.29 Å². The molecule has 0 spiro atoms. The molecule has 0 saturated carbocycles. The summed E-state index contributed by atoms with van der Waals surface area (Å²) in [7, 11) is -1.99. The van der Waals surface area contributed by atoms with Gasteiger partial charge in [0.05, 0.1) is 13.2 Å². The lowest BCUT2D eigenvalue weighted by Gasteiger charge is -2.40. The van der Waals surface area contributed by atoms with Crippen molar-refractivity contribution < 1.29 is 43.5 Å². The predicted octanol–water partition coefficient (Wildman–Crippen LogP) is -0.541. The Morgan fingerprint density at radius 1 is 1.04 bits per heavy atom. The van der Waals surface area contributed by atoms with E-state index in [1.165, 1.54) is 7.11 Å². The van der Waals surface area contributed by atoms with E-state index in [-0.39, 0.29) is 19.8 Å². The maximum absolute atomic E-state index is 10.9. The van der Waals surface area contributed by atoms with Gasteiger partial charge in [-0.2, -0.15) is 0 Å². The molecule has 0 radical (unpaired) electrons. The summed E-state index contributed by atoms with van der Waals surface area (Å²) in [5.41, 5.74) is 0. The van der Waals surface area contributed by atoms with E-state index in [0.717, 1.165) is 6.66 Å². The summed E-state index contributed by atoms with van der Waals surface area (Å²) in [6, 6.07) is 0. The molecule has 138 valence electrons. The first-order chi connectivity index (χ1) is 10.8. The fourth-order valence-corrected chi connectivity index (χ4v) is 2.64. The Kier molecular flexibility index (Phi) is 9.13. The molecule has 4 N–H and O–H groups in total. The van der Waals surface area contributed by atoms with Crippen molar-refractivity contribution in [1.29, 1.82) is 0 Å². The Labute approximate surface area is 135 Å². The summed E-state index contributed by atoms with van der Waals surface area (Å²) in [5.74, 6) is 0. The molecule has 1 fully saturated rings. The van der Waals surface area contributed by atoms with Gasteiger partial charge in [0.25, 0.3) is 0 Å². The summed E-state index contributed by atoms with van der Waals surface area (Å²) >= 11 is 0. The van der Waals surface area contributed by atoms with E-state index in [4.69, 9.17) is 23.6 Å². The molecule has 1 rings (SSSR count). The first-order valence-corrected chi connectivity index (χ1v) is 9.53. The Balaban J connectivity index is 2.24. The third-order valence-electron chi connectivity index (χ3n) is 3.40. The minimum absolute atomic E-state index is 0.0698. The van der Waals surface area contributed by atoms with Crippen LogP contribution in [0.1, 0.15) is 19.3 Å². The lowest BCUT2D eigenvalue weighted by atomic mass is 9.99. The average Bonchev–Trinajstić information content (AvgIpc) is 2.47. The van der Waals surface area contributed by atoms with Crippen LogP contribution in [-0.2, 0) is 23.3 Å². The lowest BCUT2D eigenvalue weighted by molar-refractivity contribution is -0.302. The van der Waals surface area contributed by atoms with Crippen LogP contribution in [0.25, 0.3) is 0 Å². The van der Waals surface area contributed by atoms with Crippen LogP contribution in [0, 0.1) is 0 Å². The van der Waals surface area contributed by atoms with Crippen LogP contribution in [0.2, 0.25) is 0 Å². The molecule has 0 bridgehead atoms. The van der Waals surface area contributed by atoms with Crippen molar-refractivity contribution in [1.82, 2.24) is 0 Å².